The fraction of sp³-hybridized carbons (Fsp3) is 0.429. The van der Waals surface area contributed by atoms with Crippen molar-refractivity contribution in [3.63, 3.8) is 0 Å². The van der Waals surface area contributed by atoms with Gasteiger partial charge in [0, 0.05) is 12.2 Å². The van der Waals surface area contributed by atoms with E-state index in [0.717, 1.165) is 25.9 Å². The van der Waals surface area contributed by atoms with E-state index in [1.165, 1.54) is 0 Å². The van der Waals surface area contributed by atoms with Crippen molar-refractivity contribution in [2.24, 2.45) is 5.73 Å². The maximum absolute atomic E-state index is 12.0. The summed E-state index contributed by atoms with van der Waals surface area (Å²) >= 11 is 11.0. The molecule has 1 unspecified atom stereocenters. The number of benzene rings is 1. The molecule has 1 saturated heterocycles. The van der Waals surface area contributed by atoms with E-state index in [1.807, 2.05) is 0 Å². The molecular weight excluding hydrogens is 296 g/mol. The van der Waals surface area contributed by atoms with Gasteiger partial charge in [0.05, 0.1) is 23.2 Å². The minimum absolute atomic E-state index is 0.0124. The van der Waals surface area contributed by atoms with Crippen LogP contribution in [0.25, 0.3) is 0 Å². The maximum atomic E-state index is 12.0. The number of nitrogens with two attached hydrogens (primary N) is 1. The molecule has 4 nitrogen and oxygen atoms in total. The van der Waals surface area contributed by atoms with Gasteiger partial charge < -0.3 is 15.8 Å². The van der Waals surface area contributed by atoms with Crippen LogP contribution in [0.5, 0.6) is 0 Å². The Kier molecular flexibility index (Phi) is 5.34. The fourth-order valence-corrected chi connectivity index (χ4v) is 2.50. The number of ether oxygens (including phenoxy) is 1. The summed E-state index contributed by atoms with van der Waals surface area (Å²) in [6.45, 7) is 0.737. The van der Waals surface area contributed by atoms with Crippen LogP contribution in [0.1, 0.15) is 31.2 Å². The Labute approximate surface area is 128 Å². The summed E-state index contributed by atoms with van der Waals surface area (Å²) in [7, 11) is 0. The number of rotatable bonds is 4. The van der Waals surface area contributed by atoms with E-state index < -0.39 is 0 Å². The average Bonchev–Trinajstić information content (AvgIpc) is 2.42. The zero-order valence-corrected chi connectivity index (χ0v) is 12.6. The van der Waals surface area contributed by atoms with Crippen molar-refractivity contribution < 1.29 is 9.53 Å². The van der Waals surface area contributed by atoms with Crippen LogP contribution < -0.4 is 11.1 Å². The molecule has 1 fully saturated rings. The lowest BCUT2D eigenvalue weighted by molar-refractivity contribution is -0.119. The zero-order chi connectivity index (χ0) is 14.5. The highest BCUT2D eigenvalue weighted by Crippen LogP contribution is 2.24. The van der Waals surface area contributed by atoms with Crippen LogP contribution in [0.2, 0.25) is 5.02 Å². The highest BCUT2D eigenvalue weighted by molar-refractivity contribution is 7.80. The molecule has 1 aliphatic rings. The molecule has 1 aromatic carbocycles. The van der Waals surface area contributed by atoms with Crippen LogP contribution in [0, 0.1) is 0 Å². The van der Waals surface area contributed by atoms with E-state index in [2.05, 4.69) is 5.32 Å². The van der Waals surface area contributed by atoms with Gasteiger partial charge in [-0.05, 0) is 37.5 Å². The molecule has 0 aromatic heterocycles. The molecule has 0 aliphatic carbocycles. The number of thiocarbonyl (C=S) groups is 1. The molecule has 0 spiro atoms. The topological polar surface area (TPSA) is 64.3 Å². The van der Waals surface area contributed by atoms with Gasteiger partial charge in [0.15, 0.2) is 0 Å². The monoisotopic (exact) mass is 312 g/mol. The Morgan fingerprint density at radius 3 is 2.90 bits per heavy atom. The van der Waals surface area contributed by atoms with E-state index in [4.69, 9.17) is 34.3 Å². The lowest BCUT2D eigenvalue weighted by Gasteiger charge is -2.22. The summed E-state index contributed by atoms with van der Waals surface area (Å²) in [5.41, 5.74) is 6.77. The molecule has 1 heterocycles. The SMILES string of the molecule is NC(=S)c1ccc(NC(=O)CC2CCCCO2)c(Cl)c1. The van der Waals surface area contributed by atoms with Gasteiger partial charge in [0.2, 0.25) is 5.91 Å². The number of anilines is 1. The minimum atomic E-state index is -0.0955. The first-order chi connectivity index (χ1) is 9.56. The normalized spacial score (nSPS) is 18.6. The molecule has 2 rings (SSSR count). The molecule has 1 aromatic rings. The first-order valence-corrected chi connectivity index (χ1v) is 7.35. The molecule has 6 heteroatoms. The van der Waals surface area contributed by atoms with Gasteiger partial charge >= 0.3 is 0 Å². The second kappa shape index (κ2) is 7.02. The summed E-state index contributed by atoms with van der Waals surface area (Å²) in [6.07, 6.45) is 3.49. The Morgan fingerprint density at radius 1 is 1.50 bits per heavy atom. The number of halogens is 1. The quantitative estimate of drug-likeness (QED) is 0.839. The van der Waals surface area contributed by atoms with Gasteiger partial charge in [0.1, 0.15) is 4.99 Å². The number of carbonyl (C=O) groups is 1. The van der Waals surface area contributed by atoms with Crippen LogP contribution in [-0.4, -0.2) is 23.6 Å². The van der Waals surface area contributed by atoms with E-state index in [9.17, 15) is 4.79 Å². The van der Waals surface area contributed by atoms with Gasteiger partial charge in [-0.2, -0.15) is 0 Å². The first kappa shape index (κ1) is 15.2. The lowest BCUT2D eigenvalue weighted by atomic mass is 10.1. The number of carbonyl (C=O) groups excluding carboxylic acids is 1. The molecule has 1 atom stereocenters. The first-order valence-electron chi connectivity index (χ1n) is 6.57. The molecule has 0 radical (unpaired) electrons. The Morgan fingerprint density at radius 2 is 2.30 bits per heavy atom. The van der Waals surface area contributed by atoms with E-state index in [1.54, 1.807) is 18.2 Å². The number of nitrogens with one attached hydrogen (secondary N) is 1. The maximum Gasteiger partial charge on any atom is 0.227 e. The van der Waals surface area contributed by atoms with E-state index in [-0.39, 0.29) is 17.0 Å². The number of amides is 1. The van der Waals surface area contributed by atoms with Gasteiger partial charge in [0.25, 0.3) is 0 Å². The summed E-state index contributed by atoms with van der Waals surface area (Å²) in [5, 5.41) is 3.21. The summed E-state index contributed by atoms with van der Waals surface area (Å²) in [4.78, 5) is 12.2. The van der Waals surface area contributed by atoms with Crippen LogP contribution in [0.15, 0.2) is 18.2 Å². The van der Waals surface area contributed by atoms with Crippen LogP contribution in [0.3, 0.4) is 0 Å². The van der Waals surface area contributed by atoms with Crippen molar-refractivity contribution in [1.82, 2.24) is 0 Å². The largest absolute Gasteiger partial charge is 0.389 e. The predicted molar refractivity (Wildman–Crippen MR) is 84.2 cm³/mol. The van der Waals surface area contributed by atoms with Crippen molar-refractivity contribution in [3.8, 4) is 0 Å². The van der Waals surface area contributed by atoms with Gasteiger partial charge in [-0.25, -0.2) is 0 Å². The van der Waals surface area contributed by atoms with Crippen molar-refractivity contribution >= 4 is 40.4 Å². The standard InChI is InChI=1S/C14H17ClN2O2S/c15-11-7-9(14(16)20)4-5-12(11)17-13(18)8-10-3-1-2-6-19-10/h4-5,7,10H,1-3,6,8H2,(H2,16,20)(H,17,18). The minimum Gasteiger partial charge on any atom is -0.389 e. The van der Waals surface area contributed by atoms with Gasteiger partial charge in [-0.3, -0.25) is 4.79 Å². The van der Waals surface area contributed by atoms with Crippen molar-refractivity contribution in [2.75, 3.05) is 11.9 Å². The molecule has 20 heavy (non-hydrogen) atoms. The summed E-state index contributed by atoms with van der Waals surface area (Å²) in [5.74, 6) is -0.0955. The third-order valence-electron chi connectivity index (χ3n) is 3.21. The molecule has 1 amide bonds. The second-order valence-corrected chi connectivity index (χ2v) is 5.65. The molecule has 1 aliphatic heterocycles. The highest BCUT2D eigenvalue weighted by atomic mass is 35.5. The van der Waals surface area contributed by atoms with Gasteiger partial charge in [-0.1, -0.05) is 23.8 Å². The third kappa shape index (κ3) is 4.16. The predicted octanol–water partition coefficient (Wildman–Crippen LogP) is 2.87. The molecule has 0 saturated carbocycles. The Balaban J connectivity index is 1.95. The fourth-order valence-electron chi connectivity index (χ4n) is 2.15. The summed E-state index contributed by atoms with van der Waals surface area (Å²) in [6, 6.07) is 5.09. The van der Waals surface area contributed by atoms with Crippen molar-refractivity contribution in [3.05, 3.63) is 28.8 Å². The highest BCUT2D eigenvalue weighted by Gasteiger charge is 2.18. The zero-order valence-electron chi connectivity index (χ0n) is 11.0. The van der Waals surface area contributed by atoms with Crippen molar-refractivity contribution in [1.29, 1.82) is 0 Å². The van der Waals surface area contributed by atoms with Crippen LogP contribution in [-0.2, 0) is 9.53 Å². The van der Waals surface area contributed by atoms with E-state index in [0.29, 0.717) is 22.7 Å². The lowest BCUT2D eigenvalue weighted by Crippen LogP contribution is -2.25. The Bertz CT molecular complexity index is 516. The van der Waals surface area contributed by atoms with Crippen LogP contribution in [0.4, 0.5) is 5.69 Å². The molecule has 3 N–H and O–H groups in total. The molecule has 0 bridgehead atoms. The summed E-state index contributed by atoms with van der Waals surface area (Å²) < 4.78 is 5.54. The van der Waals surface area contributed by atoms with Crippen molar-refractivity contribution in [2.45, 2.75) is 31.8 Å². The van der Waals surface area contributed by atoms with Crippen LogP contribution >= 0.6 is 23.8 Å². The second-order valence-electron chi connectivity index (χ2n) is 4.80. The molecular formula is C14H17ClN2O2S. The molecule has 108 valence electrons. The average molecular weight is 313 g/mol. The van der Waals surface area contributed by atoms with Gasteiger partial charge in [-0.15, -0.1) is 0 Å². The Hall–Kier alpha value is -1.17. The number of hydrogen-bond acceptors (Lipinski definition) is 3. The third-order valence-corrected chi connectivity index (χ3v) is 3.76. The van der Waals surface area contributed by atoms with E-state index >= 15 is 0 Å². The smallest absolute Gasteiger partial charge is 0.227 e. The number of hydrogen-bond donors (Lipinski definition) is 2.